The number of aromatic nitrogens is 1. The third-order valence-electron chi connectivity index (χ3n) is 2.25. The maximum atomic E-state index is 11.2. The zero-order chi connectivity index (χ0) is 11.4. The topological polar surface area (TPSA) is 42.1 Å². The van der Waals surface area contributed by atoms with Gasteiger partial charge in [0.25, 0.3) is 0 Å². The smallest absolute Gasteiger partial charge is 0.248 e. The summed E-state index contributed by atoms with van der Waals surface area (Å²) >= 11 is 0. The second kappa shape index (κ2) is 4.66. The van der Waals surface area contributed by atoms with E-state index < -0.39 is 0 Å². The zero-order valence-electron chi connectivity index (χ0n) is 9.07. The first-order valence-corrected chi connectivity index (χ1v) is 5.21. The van der Waals surface area contributed by atoms with E-state index in [1.54, 1.807) is 12.3 Å². The Kier molecular flexibility index (Phi) is 3.05. The Morgan fingerprint density at radius 2 is 2.00 bits per heavy atom. The summed E-state index contributed by atoms with van der Waals surface area (Å²) in [5.74, 6) is 0.820. The van der Waals surface area contributed by atoms with Crippen LogP contribution in [-0.4, -0.2) is 11.6 Å². The van der Waals surface area contributed by atoms with Crippen LogP contribution in [0.3, 0.4) is 0 Å². The number of aromatic amines is 1. The molecule has 0 saturated carbocycles. The molecule has 0 aliphatic rings. The van der Waals surface area contributed by atoms with Crippen LogP contribution in [0.4, 0.5) is 0 Å². The van der Waals surface area contributed by atoms with E-state index >= 15 is 0 Å². The number of nitrogens with one attached hydrogen (secondary N) is 1. The molecule has 3 heteroatoms. The molecule has 82 valence electrons. The normalized spacial score (nSPS) is 10.1. The Bertz CT molecular complexity index is 531. The number of H-pyrrole nitrogens is 1. The van der Waals surface area contributed by atoms with Crippen LogP contribution in [0.15, 0.2) is 47.4 Å². The summed E-state index contributed by atoms with van der Waals surface area (Å²) in [6.45, 7) is 2.58. The molecule has 0 unspecified atom stereocenters. The molecule has 0 aliphatic heterocycles. The number of ether oxygens (including phenoxy) is 1. The highest BCUT2D eigenvalue weighted by atomic mass is 16.5. The van der Waals surface area contributed by atoms with Gasteiger partial charge in [0, 0.05) is 12.3 Å². The van der Waals surface area contributed by atoms with E-state index in [0.29, 0.717) is 6.61 Å². The summed E-state index contributed by atoms with van der Waals surface area (Å²) in [7, 11) is 0. The van der Waals surface area contributed by atoms with Crippen molar-refractivity contribution in [2.24, 2.45) is 0 Å². The van der Waals surface area contributed by atoms with Gasteiger partial charge in [0.2, 0.25) is 5.56 Å². The average Bonchev–Trinajstić information content (AvgIpc) is 2.30. The summed E-state index contributed by atoms with van der Waals surface area (Å²) in [5.41, 5.74) is 1.78. The van der Waals surface area contributed by atoms with Crippen LogP contribution in [0.2, 0.25) is 0 Å². The first kappa shape index (κ1) is 10.5. The molecule has 1 aromatic carbocycles. The van der Waals surface area contributed by atoms with Crippen LogP contribution >= 0.6 is 0 Å². The highest BCUT2D eigenvalue weighted by Gasteiger charge is 1.99. The van der Waals surface area contributed by atoms with E-state index in [0.717, 1.165) is 16.9 Å². The molecule has 2 rings (SSSR count). The molecule has 0 radical (unpaired) electrons. The van der Waals surface area contributed by atoms with E-state index in [1.807, 2.05) is 37.3 Å². The monoisotopic (exact) mass is 215 g/mol. The van der Waals surface area contributed by atoms with Crippen molar-refractivity contribution in [3.05, 3.63) is 52.9 Å². The standard InChI is InChI=1S/C13H13NO2/c1-2-16-12-5-3-4-10(8-12)11-6-7-14-13(15)9-11/h3-9H,2H2,1H3,(H,14,15). The predicted molar refractivity (Wildman–Crippen MR) is 63.7 cm³/mol. The Labute approximate surface area is 93.7 Å². The van der Waals surface area contributed by atoms with Gasteiger partial charge in [0.15, 0.2) is 0 Å². The molecule has 0 bridgehead atoms. The summed E-state index contributed by atoms with van der Waals surface area (Å²) in [5, 5.41) is 0. The molecule has 1 heterocycles. The van der Waals surface area contributed by atoms with Gasteiger partial charge in [-0.1, -0.05) is 12.1 Å². The molecule has 0 amide bonds. The number of benzene rings is 1. The van der Waals surface area contributed by atoms with Gasteiger partial charge < -0.3 is 9.72 Å². The van der Waals surface area contributed by atoms with E-state index in [2.05, 4.69) is 4.98 Å². The van der Waals surface area contributed by atoms with Crippen molar-refractivity contribution in [3.63, 3.8) is 0 Å². The van der Waals surface area contributed by atoms with Gasteiger partial charge in [-0.2, -0.15) is 0 Å². The van der Waals surface area contributed by atoms with Crippen molar-refractivity contribution < 1.29 is 4.74 Å². The van der Waals surface area contributed by atoms with Gasteiger partial charge >= 0.3 is 0 Å². The molecular formula is C13H13NO2. The van der Waals surface area contributed by atoms with Crippen molar-refractivity contribution in [2.45, 2.75) is 6.92 Å². The van der Waals surface area contributed by atoms with Crippen LogP contribution in [0, 0.1) is 0 Å². The fourth-order valence-electron chi connectivity index (χ4n) is 1.56. The molecule has 0 spiro atoms. The quantitative estimate of drug-likeness (QED) is 0.854. The average molecular weight is 215 g/mol. The molecule has 16 heavy (non-hydrogen) atoms. The Hall–Kier alpha value is -2.03. The lowest BCUT2D eigenvalue weighted by molar-refractivity contribution is 0.340. The molecule has 0 atom stereocenters. The van der Waals surface area contributed by atoms with Crippen LogP contribution in [0.5, 0.6) is 5.75 Å². The number of hydrogen-bond acceptors (Lipinski definition) is 2. The second-order valence-electron chi connectivity index (χ2n) is 3.40. The third kappa shape index (κ3) is 2.31. The van der Waals surface area contributed by atoms with Gasteiger partial charge in [0.05, 0.1) is 6.61 Å². The first-order valence-electron chi connectivity index (χ1n) is 5.21. The molecule has 3 nitrogen and oxygen atoms in total. The molecule has 0 saturated heterocycles. The highest BCUT2D eigenvalue weighted by molar-refractivity contribution is 5.64. The van der Waals surface area contributed by atoms with E-state index in [1.165, 1.54) is 0 Å². The number of rotatable bonds is 3. The van der Waals surface area contributed by atoms with Crippen LogP contribution in [0.1, 0.15) is 6.92 Å². The number of hydrogen-bond donors (Lipinski definition) is 1. The van der Waals surface area contributed by atoms with Gasteiger partial charge in [-0.05, 0) is 36.2 Å². The minimum atomic E-state index is -0.0979. The lowest BCUT2D eigenvalue weighted by atomic mass is 10.1. The van der Waals surface area contributed by atoms with E-state index in [-0.39, 0.29) is 5.56 Å². The third-order valence-corrected chi connectivity index (χ3v) is 2.25. The van der Waals surface area contributed by atoms with Crippen molar-refractivity contribution in [2.75, 3.05) is 6.61 Å². The van der Waals surface area contributed by atoms with E-state index in [4.69, 9.17) is 4.74 Å². The minimum absolute atomic E-state index is 0.0979. The Balaban J connectivity index is 2.40. The lowest BCUT2D eigenvalue weighted by Crippen LogP contribution is -2.02. The zero-order valence-corrected chi connectivity index (χ0v) is 9.07. The first-order chi connectivity index (χ1) is 7.79. The van der Waals surface area contributed by atoms with Crippen LogP contribution in [-0.2, 0) is 0 Å². The second-order valence-corrected chi connectivity index (χ2v) is 3.40. The van der Waals surface area contributed by atoms with Gasteiger partial charge in [-0.25, -0.2) is 0 Å². The predicted octanol–water partition coefficient (Wildman–Crippen LogP) is 2.44. The summed E-state index contributed by atoms with van der Waals surface area (Å²) in [6, 6.07) is 11.1. The molecule has 1 aromatic heterocycles. The highest BCUT2D eigenvalue weighted by Crippen LogP contribution is 2.22. The minimum Gasteiger partial charge on any atom is -0.494 e. The van der Waals surface area contributed by atoms with E-state index in [9.17, 15) is 4.79 Å². The summed E-state index contributed by atoms with van der Waals surface area (Å²) in [6.07, 6.45) is 1.64. The van der Waals surface area contributed by atoms with Gasteiger partial charge in [0.1, 0.15) is 5.75 Å². The SMILES string of the molecule is CCOc1cccc(-c2cc[nH]c(=O)c2)c1. The van der Waals surface area contributed by atoms with Gasteiger partial charge in [-0.15, -0.1) is 0 Å². The molecule has 0 fully saturated rings. The molecular weight excluding hydrogens is 202 g/mol. The molecule has 2 aromatic rings. The van der Waals surface area contributed by atoms with Gasteiger partial charge in [-0.3, -0.25) is 4.79 Å². The van der Waals surface area contributed by atoms with Crippen molar-refractivity contribution >= 4 is 0 Å². The fourth-order valence-corrected chi connectivity index (χ4v) is 1.56. The summed E-state index contributed by atoms with van der Waals surface area (Å²) in [4.78, 5) is 13.8. The number of pyridine rings is 1. The lowest BCUT2D eigenvalue weighted by Gasteiger charge is -2.05. The molecule has 0 aliphatic carbocycles. The van der Waals surface area contributed by atoms with Crippen LogP contribution in [0.25, 0.3) is 11.1 Å². The fraction of sp³-hybridized carbons (Fsp3) is 0.154. The maximum Gasteiger partial charge on any atom is 0.248 e. The van der Waals surface area contributed by atoms with Crippen molar-refractivity contribution in [1.82, 2.24) is 4.98 Å². The Morgan fingerprint density at radius 3 is 2.75 bits per heavy atom. The summed E-state index contributed by atoms with van der Waals surface area (Å²) < 4.78 is 5.41. The maximum absolute atomic E-state index is 11.2. The Morgan fingerprint density at radius 1 is 1.19 bits per heavy atom. The van der Waals surface area contributed by atoms with Crippen molar-refractivity contribution in [1.29, 1.82) is 0 Å². The molecule has 1 N–H and O–H groups in total. The van der Waals surface area contributed by atoms with Crippen LogP contribution < -0.4 is 10.3 Å². The largest absolute Gasteiger partial charge is 0.494 e. The van der Waals surface area contributed by atoms with Crippen molar-refractivity contribution in [3.8, 4) is 16.9 Å².